The van der Waals surface area contributed by atoms with E-state index in [0.29, 0.717) is 29.8 Å². The molecule has 0 aliphatic heterocycles. The molecule has 0 atom stereocenters. The number of hydrogen-bond acceptors (Lipinski definition) is 4. The van der Waals surface area contributed by atoms with E-state index in [1.165, 1.54) is 0 Å². The molecular weight excluding hydrogens is 384 g/mol. The zero-order valence-electron chi connectivity index (χ0n) is 16.5. The van der Waals surface area contributed by atoms with E-state index < -0.39 is 0 Å². The summed E-state index contributed by atoms with van der Waals surface area (Å²) >= 11 is 5.37. The van der Waals surface area contributed by atoms with Crippen LogP contribution in [0.5, 0.6) is 17.2 Å². The summed E-state index contributed by atoms with van der Waals surface area (Å²) in [6.45, 7) is 1.06. The summed E-state index contributed by atoms with van der Waals surface area (Å²) in [5.74, 6) is 2.20. The van der Waals surface area contributed by atoms with Gasteiger partial charge >= 0.3 is 0 Å². The number of rotatable bonds is 8. The summed E-state index contributed by atoms with van der Waals surface area (Å²) in [6.07, 6.45) is 0. The molecule has 0 aromatic heterocycles. The topological polar surface area (TPSA) is 51.8 Å². The van der Waals surface area contributed by atoms with Crippen LogP contribution in [-0.4, -0.2) is 19.3 Å². The molecule has 3 rings (SSSR count). The van der Waals surface area contributed by atoms with Crippen LogP contribution in [0.3, 0.4) is 0 Å². The Bertz CT molecular complexity index is 931. The summed E-state index contributed by atoms with van der Waals surface area (Å²) < 4.78 is 16.5. The first-order valence-electron chi connectivity index (χ1n) is 9.20. The highest BCUT2D eigenvalue weighted by Gasteiger charge is 2.07. The predicted molar refractivity (Wildman–Crippen MR) is 120 cm³/mol. The molecule has 0 spiro atoms. The Balaban J connectivity index is 1.54. The van der Waals surface area contributed by atoms with Gasteiger partial charge in [-0.2, -0.15) is 0 Å². The lowest BCUT2D eigenvalue weighted by Crippen LogP contribution is -2.27. The predicted octanol–water partition coefficient (Wildman–Crippen LogP) is 4.77. The molecule has 3 aromatic carbocycles. The number of ether oxygens (including phenoxy) is 3. The molecule has 0 radical (unpaired) electrons. The van der Waals surface area contributed by atoms with Gasteiger partial charge in [0.05, 0.1) is 14.2 Å². The van der Waals surface area contributed by atoms with Crippen LogP contribution in [0, 0.1) is 0 Å². The van der Waals surface area contributed by atoms with Crippen molar-refractivity contribution >= 4 is 23.0 Å². The van der Waals surface area contributed by atoms with Gasteiger partial charge in [0.25, 0.3) is 0 Å². The van der Waals surface area contributed by atoms with E-state index in [-0.39, 0.29) is 0 Å². The third-order valence-corrected chi connectivity index (χ3v) is 4.51. The molecule has 0 bridgehead atoms. The van der Waals surface area contributed by atoms with E-state index in [9.17, 15) is 0 Å². The fraction of sp³-hybridized carbons (Fsp3) is 0.174. The monoisotopic (exact) mass is 408 g/mol. The quantitative estimate of drug-likeness (QED) is 0.524. The van der Waals surface area contributed by atoms with Crippen molar-refractivity contribution in [1.82, 2.24) is 5.32 Å². The molecule has 29 heavy (non-hydrogen) atoms. The Hall–Kier alpha value is -3.25. The molecule has 3 aromatic rings. The van der Waals surface area contributed by atoms with E-state index in [4.69, 9.17) is 26.4 Å². The number of hydrogen-bond donors (Lipinski definition) is 2. The van der Waals surface area contributed by atoms with Crippen LogP contribution in [0.4, 0.5) is 5.69 Å². The second-order valence-corrected chi connectivity index (χ2v) is 6.70. The lowest BCUT2D eigenvalue weighted by molar-refractivity contribution is 0.284. The van der Waals surface area contributed by atoms with E-state index >= 15 is 0 Å². The van der Waals surface area contributed by atoms with E-state index in [1.54, 1.807) is 14.2 Å². The smallest absolute Gasteiger partial charge is 0.171 e. The van der Waals surface area contributed by atoms with Crippen LogP contribution in [0.1, 0.15) is 11.1 Å². The second kappa shape index (κ2) is 10.3. The van der Waals surface area contributed by atoms with Crippen molar-refractivity contribution in [2.45, 2.75) is 13.2 Å². The molecule has 0 unspecified atom stereocenters. The van der Waals surface area contributed by atoms with Crippen LogP contribution < -0.4 is 24.8 Å². The largest absolute Gasteiger partial charge is 0.497 e. The zero-order chi connectivity index (χ0) is 20.5. The van der Waals surface area contributed by atoms with Gasteiger partial charge in [0.1, 0.15) is 12.4 Å². The van der Waals surface area contributed by atoms with Crippen molar-refractivity contribution < 1.29 is 14.2 Å². The SMILES string of the molecule is COc1ccc(NC(=S)NCc2ccc(OCc3ccccc3)c(OC)c2)cc1. The van der Waals surface area contributed by atoms with Crippen molar-refractivity contribution in [3.63, 3.8) is 0 Å². The van der Waals surface area contributed by atoms with E-state index in [0.717, 1.165) is 22.6 Å². The molecule has 0 aliphatic rings. The molecule has 5 nitrogen and oxygen atoms in total. The second-order valence-electron chi connectivity index (χ2n) is 6.30. The van der Waals surface area contributed by atoms with E-state index in [2.05, 4.69) is 10.6 Å². The molecule has 6 heteroatoms. The summed E-state index contributed by atoms with van der Waals surface area (Å²) in [7, 11) is 3.28. The molecule has 0 fully saturated rings. The van der Waals surface area contributed by atoms with Gasteiger partial charge in [-0.05, 0) is 59.7 Å². The highest BCUT2D eigenvalue weighted by molar-refractivity contribution is 7.80. The number of benzene rings is 3. The molecule has 2 N–H and O–H groups in total. The van der Waals surface area contributed by atoms with Crippen molar-refractivity contribution in [1.29, 1.82) is 0 Å². The van der Waals surface area contributed by atoms with Gasteiger partial charge in [0.15, 0.2) is 16.6 Å². The molecule has 0 saturated heterocycles. The average molecular weight is 409 g/mol. The first-order chi connectivity index (χ1) is 14.2. The van der Waals surface area contributed by atoms with Crippen LogP contribution in [-0.2, 0) is 13.2 Å². The fourth-order valence-corrected chi connectivity index (χ4v) is 2.90. The molecule has 0 amide bonds. The Morgan fingerprint density at radius 2 is 1.59 bits per heavy atom. The van der Waals surface area contributed by atoms with Crippen LogP contribution in [0.2, 0.25) is 0 Å². The highest BCUT2D eigenvalue weighted by Crippen LogP contribution is 2.29. The Morgan fingerprint density at radius 1 is 0.828 bits per heavy atom. The molecule has 0 saturated carbocycles. The summed E-state index contributed by atoms with van der Waals surface area (Å²) in [5, 5.41) is 6.89. The summed E-state index contributed by atoms with van der Waals surface area (Å²) in [6, 6.07) is 23.5. The maximum absolute atomic E-state index is 5.90. The molecule has 0 aliphatic carbocycles. The van der Waals surface area contributed by atoms with Gasteiger partial charge in [-0.3, -0.25) is 0 Å². The minimum atomic E-state index is 0.491. The number of methoxy groups -OCH3 is 2. The Labute approximate surface area is 176 Å². The zero-order valence-corrected chi connectivity index (χ0v) is 17.3. The maximum atomic E-state index is 5.90. The van der Waals surface area contributed by atoms with Gasteiger partial charge in [-0.1, -0.05) is 36.4 Å². The third-order valence-electron chi connectivity index (χ3n) is 4.27. The van der Waals surface area contributed by atoms with Crippen LogP contribution in [0.25, 0.3) is 0 Å². The van der Waals surface area contributed by atoms with E-state index in [1.807, 2.05) is 72.8 Å². The maximum Gasteiger partial charge on any atom is 0.171 e. The minimum absolute atomic E-state index is 0.491. The number of anilines is 1. The molecule has 0 heterocycles. The number of thiocarbonyl (C=S) groups is 1. The third kappa shape index (κ3) is 6.12. The minimum Gasteiger partial charge on any atom is -0.497 e. The van der Waals surface area contributed by atoms with Crippen molar-refractivity contribution in [3.8, 4) is 17.2 Å². The molecular formula is C23H24N2O3S. The van der Waals surface area contributed by atoms with Crippen molar-refractivity contribution in [3.05, 3.63) is 83.9 Å². The van der Waals surface area contributed by atoms with Gasteiger partial charge in [0.2, 0.25) is 0 Å². The van der Waals surface area contributed by atoms with Crippen LogP contribution in [0.15, 0.2) is 72.8 Å². The van der Waals surface area contributed by atoms with Gasteiger partial charge < -0.3 is 24.8 Å². The van der Waals surface area contributed by atoms with Crippen molar-refractivity contribution in [2.24, 2.45) is 0 Å². The summed E-state index contributed by atoms with van der Waals surface area (Å²) in [4.78, 5) is 0. The normalized spacial score (nSPS) is 10.1. The van der Waals surface area contributed by atoms with Crippen LogP contribution >= 0.6 is 12.2 Å². The van der Waals surface area contributed by atoms with Gasteiger partial charge in [-0.25, -0.2) is 0 Å². The lowest BCUT2D eigenvalue weighted by Gasteiger charge is -2.14. The lowest BCUT2D eigenvalue weighted by atomic mass is 10.2. The Morgan fingerprint density at radius 3 is 2.28 bits per heavy atom. The van der Waals surface area contributed by atoms with Crippen molar-refractivity contribution in [2.75, 3.05) is 19.5 Å². The highest BCUT2D eigenvalue weighted by atomic mass is 32.1. The first-order valence-corrected chi connectivity index (χ1v) is 9.61. The Kier molecular flexibility index (Phi) is 7.30. The first kappa shape index (κ1) is 20.5. The fourth-order valence-electron chi connectivity index (χ4n) is 2.71. The average Bonchev–Trinajstić information content (AvgIpc) is 2.77. The number of nitrogens with one attached hydrogen (secondary N) is 2. The summed E-state index contributed by atoms with van der Waals surface area (Å²) in [5.41, 5.74) is 3.04. The standard InChI is InChI=1S/C23H24N2O3S/c1-26-20-11-9-19(10-12-20)25-23(29)24-15-18-8-13-21(22(14-18)27-2)28-16-17-6-4-3-5-7-17/h3-14H,15-16H2,1-2H3,(H2,24,25,29). The molecule has 150 valence electrons. The van der Waals surface area contributed by atoms with Gasteiger partial charge in [0, 0.05) is 12.2 Å². The van der Waals surface area contributed by atoms with Gasteiger partial charge in [-0.15, -0.1) is 0 Å².